The van der Waals surface area contributed by atoms with Crippen LogP contribution in [0.5, 0.6) is 0 Å². The molecule has 5 nitrogen and oxygen atoms in total. The fraction of sp³-hybridized carbons (Fsp3) is 0.0714. The number of carbonyl (C=O) groups excluding carboxylic acids is 1. The zero-order valence-corrected chi connectivity index (χ0v) is 10.4. The first-order valence-electron chi connectivity index (χ1n) is 5.64. The van der Waals surface area contributed by atoms with Crippen molar-refractivity contribution in [2.24, 2.45) is 0 Å². The number of rotatable bonds is 2. The van der Waals surface area contributed by atoms with Gasteiger partial charge in [0.2, 0.25) is 5.91 Å². The van der Waals surface area contributed by atoms with Crippen LogP contribution in [0.1, 0.15) is 12.5 Å². The highest BCUT2D eigenvalue weighted by Crippen LogP contribution is 2.25. The second-order valence-electron chi connectivity index (χ2n) is 3.96. The van der Waals surface area contributed by atoms with E-state index >= 15 is 0 Å². The van der Waals surface area contributed by atoms with Crippen molar-refractivity contribution >= 4 is 23.1 Å². The number of benzene rings is 1. The van der Waals surface area contributed by atoms with Crippen LogP contribution in [0.15, 0.2) is 42.6 Å². The van der Waals surface area contributed by atoms with Gasteiger partial charge < -0.3 is 5.73 Å². The quantitative estimate of drug-likeness (QED) is 0.888. The van der Waals surface area contributed by atoms with Crippen LogP contribution >= 0.6 is 0 Å². The molecule has 5 heteroatoms. The molecule has 0 fully saturated rings. The number of nitrogens with zero attached hydrogens (tertiary/aromatic N) is 3. The molecular formula is C14H12N4O. The summed E-state index contributed by atoms with van der Waals surface area (Å²) in [5, 5.41) is 8.91. The summed E-state index contributed by atoms with van der Waals surface area (Å²) in [6, 6.07) is 12.1. The average Bonchev–Trinajstić information content (AvgIpc) is 2.39. The molecule has 0 atom stereocenters. The zero-order valence-electron chi connectivity index (χ0n) is 10.4. The van der Waals surface area contributed by atoms with Crippen molar-refractivity contribution in [2.45, 2.75) is 6.92 Å². The van der Waals surface area contributed by atoms with E-state index in [0.29, 0.717) is 22.8 Å². The van der Waals surface area contributed by atoms with E-state index in [2.05, 4.69) is 4.98 Å². The Bertz CT molecular complexity index is 660. The van der Waals surface area contributed by atoms with E-state index in [4.69, 9.17) is 11.0 Å². The summed E-state index contributed by atoms with van der Waals surface area (Å²) in [5.41, 5.74) is 7.29. The summed E-state index contributed by atoms with van der Waals surface area (Å²) in [6.07, 6.45) is 1.54. The lowest BCUT2D eigenvalue weighted by atomic mass is 10.2. The molecule has 0 unspecified atom stereocenters. The molecule has 1 aromatic carbocycles. The van der Waals surface area contributed by atoms with Gasteiger partial charge in [0.15, 0.2) is 0 Å². The maximum Gasteiger partial charge on any atom is 0.229 e. The Morgan fingerprint density at radius 3 is 2.79 bits per heavy atom. The van der Waals surface area contributed by atoms with Crippen LogP contribution in [-0.2, 0) is 4.79 Å². The van der Waals surface area contributed by atoms with E-state index < -0.39 is 0 Å². The van der Waals surface area contributed by atoms with Gasteiger partial charge in [-0.25, -0.2) is 4.98 Å². The number of carbonyl (C=O) groups is 1. The summed E-state index contributed by atoms with van der Waals surface area (Å²) in [5.74, 6) is 0.232. The Morgan fingerprint density at radius 2 is 2.16 bits per heavy atom. The normalized spacial score (nSPS) is 9.68. The van der Waals surface area contributed by atoms with Crippen molar-refractivity contribution in [3.8, 4) is 6.07 Å². The van der Waals surface area contributed by atoms with E-state index in [1.807, 2.05) is 6.07 Å². The van der Waals surface area contributed by atoms with Crippen molar-refractivity contribution < 1.29 is 4.79 Å². The maximum absolute atomic E-state index is 11.8. The number of nitriles is 1. The first-order valence-corrected chi connectivity index (χ1v) is 5.64. The number of anilines is 3. The Labute approximate surface area is 110 Å². The predicted molar refractivity (Wildman–Crippen MR) is 72.6 cm³/mol. The highest BCUT2D eigenvalue weighted by atomic mass is 16.2. The predicted octanol–water partition coefficient (Wildman–Crippen LogP) is 2.22. The molecule has 0 bridgehead atoms. The van der Waals surface area contributed by atoms with Crippen LogP contribution in [0.2, 0.25) is 0 Å². The summed E-state index contributed by atoms with van der Waals surface area (Å²) in [4.78, 5) is 17.4. The van der Waals surface area contributed by atoms with Crippen LogP contribution < -0.4 is 10.6 Å². The molecule has 2 rings (SSSR count). The molecule has 0 aliphatic rings. The topological polar surface area (TPSA) is 83.0 Å². The third kappa shape index (κ3) is 2.69. The summed E-state index contributed by atoms with van der Waals surface area (Å²) >= 11 is 0. The Kier molecular flexibility index (Phi) is 3.44. The molecule has 0 spiro atoms. The zero-order chi connectivity index (χ0) is 13.8. The third-order valence-corrected chi connectivity index (χ3v) is 2.55. The van der Waals surface area contributed by atoms with Crippen LogP contribution in [-0.4, -0.2) is 10.9 Å². The number of nitrogen functional groups attached to an aromatic ring is 1. The van der Waals surface area contributed by atoms with Crippen LogP contribution in [0, 0.1) is 11.3 Å². The van der Waals surface area contributed by atoms with Crippen LogP contribution in [0.25, 0.3) is 0 Å². The number of hydrogen-bond donors (Lipinski definition) is 1. The van der Waals surface area contributed by atoms with Gasteiger partial charge in [0.25, 0.3) is 0 Å². The Morgan fingerprint density at radius 1 is 1.37 bits per heavy atom. The summed E-state index contributed by atoms with van der Waals surface area (Å²) in [7, 11) is 0. The molecular weight excluding hydrogens is 240 g/mol. The molecule has 1 aromatic heterocycles. The smallest absolute Gasteiger partial charge is 0.229 e. The SMILES string of the molecule is CC(=O)N(c1cccc(C#N)c1)c1cc(N)ccn1. The minimum Gasteiger partial charge on any atom is -0.399 e. The van der Waals surface area contributed by atoms with Crippen molar-refractivity contribution in [2.75, 3.05) is 10.6 Å². The first-order chi connectivity index (χ1) is 9.11. The molecule has 19 heavy (non-hydrogen) atoms. The molecule has 0 radical (unpaired) electrons. The maximum atomic E-state index is 11.8. The lowest BCUT2D eigenvalue weighted by Gasteiger charge is -2.20. The second-order valence-corrected chi connectivity index (χ2v) is 3.96. The number of aromatic nitrogens is 1. The minimum absolute atomic E-state index is 0.201. The molecule has 0 aliphatic heterocycles. The molecule has 0 saturated heterocycles. The minimum atomic E-state index is -0.201. The largest absolute Gasteiger partial charge is 0.399 e. The van der Waals surface area contributed by atoms with Gasteiger partial charge in [-0.15, -0.1) is 0 Å². The molecule has 94 valence electrons. The van der Waals surface area contributed by atoms with Crippen molar-refractivity contribution in [3.63, 3.8) is 0 Å². The summed E-state index contributed by atoms with van der Waals surface area (Å²) in [6.45, 7) is 1.43. The monoisotopic (exact) mass is 252 g/mol. The van der Waals surface area contributed by atoms with Gasteiger partial charge in [-0.3, -0.25) is 9.69 Å². The van der Waals surface area contributed by atoms with Crippen molar-refractivity contribution in [1.82, 2.24) is 4.98 Å². The number of hydrogen-bond acceptors (Lipinski definition) is 4. The van der Waals surface area contributed by atoms with E-state index in [0.717, 1.165) is 0 Å². The van der Waals surface area contributed by atoms with Gasteiger partial charge in [-0.1, -0.05) is 6.07 Å². The fourth-order valence-electron chi connectivity index (χ4n) is 1.75. The highest BCUT2D eigenvalue weighted by molar-refractivity contribution is 5.98. The average molecular weight is 252 g/mol. The molecule has 1 heterocycles. The fourth-order valence-corrected chi connectivity index (χ4v) is 1.75. The van der Waals surface area contributed by atoms with Crippen molar-refractivity contribution in [1.29, 1.82) is 5.26 Å². The number of pyridine rings is 1. The second kappa shape index (κ2) is 5.19. The van der Waals surface area contributed by atoms with Gasteiger partial charge in [0.1, 0.15) is 5.82 Å². The van der Waals surface area contributed by atoms with Crippen LogP contribution in [0.4, 0.5) is 17.2 Å². The molecule has 1 amide bonds. The third-order valence-electron chi connectivity index (χ3n) is 2.55. The first kappa shape index (κ1) is 12.6. The lowest BCUT2D eigenvalue weighted by Crippen LogP contribution is -2.23. The van der Waals surface area contributed by atoms with Gasteiger partial charge >= 0.3 is 0 Å². The van der Waals surface area contributed by atoms with Gasteiger partial charge in [0, 0.05) is 24.9 Å². The standard InChI is InChI=1S/C14H12N4O/c1-10(19)18(14-8-12(16)5-6-17-14)13-4-2-3-11(7-13)9-15/h2-8H,1H3,(H2,16,17). The molecule has 2 N–H and O–H groups in total. The van der Waals surface area contributed by atoms with Gasteiger partial charge in [0.05, 0.1) is 17.3 Å². The Balaban J connectivity index is 2.52. The van der Waals surface area contributed by atoms with Gasteiger partial charge in [-0.2, -0.15) is 5.26 Å². The number of nitrogens with two attached hydrogens (primary N) is 1. The van der Waals surface area contributed by atoms with Crippen molar-refractivity contribution in [3.05, 3.63) is 48.2 Å². The molecule has 2 aromatic rings. The molecule has 0 aliphatic carbocycles. The van der Waals surface area contributed by atoms with E-state index in [-0.39, 0.29) is 5.91 Å². The van der Waals surface area contributed by atoms with E-state index in [1.54, 1.807) is 36.4 Å². The Hall–Kier alpha value is -2.87. The van der Waals surface area contributed by atoms with E-state index in [1.165, 1.54) is 18.0 Å². The lowest BCUT2D eigenvalue weighted by molar-refractivity contribution is -0.115. The van der Waals surface area contributed by atoms with Gasteiger partial charge in [-0.05, 0) is 24.3 Å². The molecule has 0 saturated carbocycles. The number of amides is 1. The summed E-state index contributed by atoms with van der Waals surface area (Å²) < 4.78 is 0. The van der Waals surface area contributed by atoms with Crippen LogP contribution in [0.3, 0.4) is 0 Å². The highest BCUT2D eigenvalue weighted by Gasteiger charge is 2.15. The van der Waals surface area contributed by atoms with E-state index in [9.17, 15) is 4.79 Å².